The van der Waals surface area contributed by atoms with E-state index in [1.54, 1.807) is 19.1 Å². The molecule has 1 unspecified atom stereocenters. The summed E-state index contributed by atoms with van der Waals surface area (Å²) in [6.07, 6.45) is -0.633. The molecule has 1 heterocycles. The second-order valence-corrected chi connectivity index (χ2v) is 6.56. The molecule has 0 aliphatic rings. The molecule has 2 rings (SSSR count). The summed E-state index contributed by atoms with van der Waals surface area (Å²) in [7, 11) is 0. The van der Waals surface area contributed by atoms with Crippen LogP contribution < -0.4 is 0 Å². The van der Waals surface area contributed by atoms with Gasteiger partial charge in [0.05, 0.1) is 17.2 Å². The predicted octanol–water partition coefficient (Wildman–Crippen LogP) is 4.41. The van der Waals surface area contributed by atoms with Crippen LogP contribution in [-0.2, 0) is 0 Å². The van der Waals surface area contributed by atoms with Crippen molar-refractivity contribution in [2.45, 2.75) is 59.6 Å². The van der Waals surface area contributed by atoms with E-state index in [4.69, 9.17) is 0 Å². The molecule has 4 heteroatoms. The second-order valence-electron chi connectivity index (χ2n) is 6.56. The molecular formula is C18H25NO3. The molecule has 4 nitrogen and oxygen atoms in total. The van der Waals surface area contributed by atoms with Crippen LogP contribution in [0, 0.1) is 6.92 Å². The average Bonchev–Trinajstić information content (AvgIpc) is 2.68. The van der Waals surface area contributed by atoms with Crippen molar-refractivity contribution in [3.8, 4) is 0 Å². The number of carboxylic acid groups (broad SMARTS) is 1. The van der Waals surface area contributed by atoms with Crippen molar-refractivity contribution in [2.24, 2.45) is 0 Å². The van der Waals surface area contributed by atoms with Crippen LogP contribution in [0.25, 0.3) is 10.9 Å². The maximum atomic E-state index is 11.5. The topological polar surface area (TPSA) is 62.5 Å². The minimum atomic E-state index is -0.935. The fourth-order valence-electron chi connectivity index (χ4n) is 3.36. The fourth-order valence-corrected chi connectivity index (χ4v) is 3.36. The highest BCUT2D eigenvalue weighted by Crippen LogP contribution is 2.38. The SMILES string of the molecule is Cc1c(C(C)O)c2cc(C(=O)O)cc(C(C)C)c2n1C(C)C. The molecular weight excluding hydrogens is 278 g/mol. The molecule has 2 aromatic rings. The Labute approximate surface area is 131 Å². The van der Waals surface area contributed by atoms with Crippen LogP contribution in [0.4, 0.5) is 0 Å². The molecule has 0 amide bonds. The minimum Gasteiger partial charge on any atom is -0.478 e. The van der Waals surface area contributed by atoms with Crippen molar-refractivity contribution >= 4 is 16.9 Å². The number of nitrogens with zero attached hydrogens (tertiary/aromatic N) is 1. The maximum absolute atomic E-state index is 11.5. The summed E-state index contributed by atoms with van der Waals surface area (Å²) in [6, 6.07) is 3.69. The lowest BCUT2D eigenvalue weighted by Gasteiger charge is -2.17. The van der Waals surface area contributed by atoms with Crippen molar-refractivity contribution in [3.63, 3.8) is 0 Å². The van der Waals surface area contributed by atoms with E-state index in [-0.39, 0.29) is 17.5 Å². The van der Waals surface area contributed by atoms with Crippen LogP contribution >= 0.6 is 0 Å². The van der Waals surface area contributed by atoms with Gasteiger partial charge in [0.15, 0.2) is 0 Å². The van der Waals surface area contributed by atoms with Crippen molar-refractivity contribution in [1.29, 1.82) is 0 Å². The van der Waals surface area contributed by atoms with Gasteiger partial charge in [-0.15, -0.1) is 0 Å². The average molecular weight is 303 g/mol. The van der Waals surface area contributed by atoms with E-state index in [0.29, 0.717) is 0 Å². The highest BCUT2D eigenvalue weighted by atomic mass is 16.4. The first-order chi connectivity index (χ1) is 10.2. The maximum Gasteiger partial charge on any atom is 0.335 e. The van der Waals surface area contributed by atoms with Crippen LogP contribution in [0.2, 0.25) is 0 Å². The molecule has 0 fully saturated rings. The molecule has 0 radical (unpaired) electrons. The Morgan fingerprint density at radius 1 is 1.14 bits per heavy atom. The lowest BCUT2D eigenvalue weighted by atomic mass is 9.95. The first-order valence-electron chi connectivity index (χ1n) is 7.76. The lowest BCUT2D eigenvalue weighted by Crippen LogP contribution is -2.06. The number of hydrogen-bond acceptors (Lipinski definition) is 2. The quantitative estimate of drug-likeness (QED) is 0.879. The summed E-state index contributed by atoms with van der Waals surface area (Å²) in [6.45, 7) is 12.1. The predicted molar refractivity (Wildman–Crippen MR) is 88.7 cm³/mol. The summed E-state index contributed by atoms with van der Waals surface area (Å²) >= 11 is 0. The molecule has 1 atom stereocenters. The van der Waals surface area contributed by atoms with E-state index in [2.05, 4.69) is 32.3 Å². The van der Waals surface area contributed by atoms with Crippen LogP contribution in [0.15, 0.2) is 12.1 Å². The van der Waals surface area contributed by atoms with E-state index in [9.17, 15) is 15.0 Å². The number of aromatic carboxylic acids is 1. The Balaban J connectivity index is 3.04. The first kappa shape index (κ1) is 16.6. The number of carbonyl (C=O) groups is 1. The standard InChI is InChI=1S/C18H25NO3/c1-9(2)14-7-13(18(21)22)8-15-16(12(6)20)11(5)19(10(3)4)17(14)15/h7-10,12,20H,1-6H3,(H,21,22). The molecule has 120 valence electrons. The lowest BCUT2D eigenvalue weighted by molar-refractivity contribution is 0.0697. The Bertz CT molecular complexity index is 724. The van der Waals surface area contributed by atoms with Crippen LogP contribution in [0.1, 0.15) is 79.9 Å². The zero-order valence-corrected chi connectivity index (χ0v) is 14.1. The normalized spacial score (nSPS) is 13.3. The number of hydrogen-bond donors (Lipinski definition) is 2. The monoisotopic (exact) mass is 303 g/mol. The van der Waals surface area contributed by atoms with Crippen molar-refractivity contribution in [1.82, 2.24) is 4.57 Å². The van der Waals surface area contributed by atoms with E-state index >= 15 is 0 Å². The van der Waals surface area contributed by atoms with Crippen LogP contribution in [0.3, 0.4) is 0 Å². The number of carboxylic acids is 1. The van der Waals surface area contributed by atoms with Gasteiger partial charge >= 0.3 is 5.97 Å². The highest BCUT2D eigenvalue weighted by molar-refractivity contribution is 5.97. The van der Waals surface area contributed by atoms with E-state index in [1.807, 2.05) is 6.92 Å². The molecule has 0 bridgehead atoms. The van der Waals surface area contributed by atoms with Gasteiger partial charge in [-0.25, -0.2) is 4.79 Å². The third-order valence-corrected chi connectivity index (χ3v) is 4.22. The third-order valence-electron chi connectivity index (χ3n) is 4.22. The molecule has 0 saturated heterocycles. The Kier molecular flexibility index (Phi) is 4.34. The number of aliphatic hydroxyl groups is 1. The fraction of sp³-hybridized carbons (Fsp3) is 0.500. The first-order valence-corrected chi connectivity index (χ1v) is 7.76. The van der Waals surface area contributed by atoms with Crippen molar-refractivity contribution < 1.29 is 15.0 Å². The number of benzene rings is 1. The van der Waals surface area contributed by atoms with Gasteiger partial charge in [0, 0.05) is 22.7 Å². The summed E-state index contributed by atoms with van der Waals surface area (Å²) in [5, 5.41) is 20.4. The number of fused-ring (bicyclic) bond motifs is 1. The van der Waals surface area contributed by atoms with E-state index in [1.165, 1.54) is 0 Å². The smallest absolute Gasteiger partial charge is 0.335 e. The Morgan fingerprint density at radius 3 is 2.14 bits per heavy atom. The van der Waals surface area contributed by atoms with E-state index in [0.717, 1.165) is 27.7 Å². The third kappa shape index (κ3) is 2.52. The van der Waals surface area contributed by atoms with Gasteiger partial charge in [-0.1, -0.05) is 13.8 Å². The highest BCUT2D eigenvalue weighted by Gasteiger charge is 2.24. The molecule has 0 saturated carbocycles. The number of aromatic nitrogens is 1. The molecule has 1 aromatic heterocycles. The molecule has 22 heavy (non-hydrogen) atoms. The minimum absolute atomic E-state index is 0.204. The molecule has 0 aliphatic heterocycles. The molecule has 0 aliphatic carbocycles. The van der Waals surface area contributed by atoms with Crippen molar-refractivity contribution in [3.05, 3.63) is 34.5 Å². The van der Waals surface area contributed by atoms with Gasteiger partial charge < -0.3 is 14.8 Å². The van der Waals surface area contributed by atoms with Gasteiger partial charge in [0.2, 0.25) is 0 Å². The summed E-state index contributed by atoms with van der Waals surface area (Å²) in [5.41, 5.74) is 4.17. The van der Waals surface area contributed by atoms with Gasteiger partial charge in [-0.3, -0.25) is 0 Å². The summed E-state index contributed by atoms with van der Waals surface area (Å²) < 4.78 is 2.21. The van der Waals surface area contributed by atoms with Crippen LogP contribution in [-0.4, -0.2) is 20.7 Å². The Hall–Kier alpha value is -1.81. The zero-order chi connectivity index (χ0) is 16.8. The van der Waals surface area contributed by atoms with Gasteiger partial charge in [-0.05, 0) is 51.3 Å². The van der Waals surface area contributed by atoms with Crippen molar-refractivity contribution in [2.75, 3.05) is 0 Å². The van der Waals surface area contributed by atoms with Crippen LogP contribution in [0.5, 0.6) is 0 Å². The van der Waals surface area contributed by atoms with Gasteiger partial charge in [-0.2, -0.15) is 0 Å². The van der Waals surface area contributed by atoms with Gasteiger partial charge in [0.1, 0.15) is 0 Å². The molecule has 0 spiro atoms. The number of aliphatic hydroxyl groups excluding tert-OH is 1. The van der Waals surface area contributed by atoms with Gasteiger partial charge in [0.25, 0.3) is 0 Å². The molecule has 2 N–H and O–H groups in total. The Morgan fingerprint density at radius 2 is 1.73 bits per heavy atom. The zero-order valence-electron chi connectivity index (χ0n) is 14.1. The largest absolute Gasteiger partial charge is 0.478 e. The van der Waals surface area contributed by atoms with E-state index < -0.39 is 12.1 Å². The second kappa shape index (κ2) is 5.76. The number of rotatable bonds is 4. The summed E-state index contributed by atoms with van der Waals surface area (Å²) in [4.78, 5) is 11.5. The molecule has 1 aromatic carbocycles. The summed E-state index contributed by atoms with van der Waals surface area (Å²) in [5.74, 6) is -0.731.